The van der Waals surface area contributed by atoms with Crippen molar-refractivity contribution >= 4 is 27.5 Å². The molecule has 2 aromatic rings. The Morgan fingerprint density at radius 1 is 1.27 bits per heavy atom. The van der Waals surface area contributed by atoms with E-state index in [1.165, 1.54) is 5.69 Å². The predicted molar refractivity (Wildman–Crippen MR) is 108 cm³/mol. The normalized spacial score (nSPS) is 17.9. The second-order valence-corrected chi connectivity index (χ2v) is 7.68. The fourth-order valence-corrected chi connectivity index (χ4v) is 3.55. The first-order valence-electron chi connectivity index (χ1n) is 9.05. The van der Waals surface area contributed by atoms with Crippen LogP contribution in [-0.4, -0.2) is 31.6 Å². The van der Waals surface area contributed by atoms with E-state index in [9.17, 15) is 4.79 Å². The molecule has 2 aromatic carbocycles. The highest BCUT2D eigenvalue weighted by atomic mass is 79.9. The maximum Gasteiger partial charge on any atom is 0.248 e. The smallest absolute Gasteiger partial charge is 0.248 e. The van der Waals surface area contributed by atoms with Crippen molar-refractivity contribution in [1.29, 1.82) is 0 Å². The van der Waals surface area contributed by atoms with Crippen molar-refractivity contribution in [3.63, 3.8) is 0 Å². The van der Waals surface area contributed by atoms with Crippen molar-refractivity contribution in [2.24, 2.45) is 5.92 Å². The highest BCUT2D eigenvalue weighted by molar-refractivity contribution is 9.10. The Bertz CT molecular complexity index is 723. The van der Waals surface area contributed by atoms with Crippen LogP contribution in [0.15, 0.2) is 59.1 Å². The van der Waals surface area contributed by atoms with Crippen molar-refractivity contribution in [3.8, 4) is 0 Å². The minimum atomic E-state index is -0.446. The first-order valence-corrected chi connectivity index (χ1v) is 9.85. The SMILES string of the molecule is CC(OCc1ccccc1)C(=O)NCC1CCN(c2cccc(Br)c2)C1. The summed E-state index contributed by atoms with van der Waals surface area (Å²) in [5.41, 5.74) is 2.31. The van der Waals surface area contributed by atoms with Gasteiger partial charge in [0, 0.05) is 29.8 Å². The molecule has 1 fully saturated rings. The van der Waals surface area contributed by atoms with E-state index in [1.807, 2.05) is 36.4 Å². The molecule has 3 rings (SSSR count). The number of carbonyl (C=O) groups is 1. The van der Waals surface area contributed by atoms with Crippen LogP contribution in [0.4, 0.5) is 5.69 Å². The second-order valence-electron chi connectivity index (χ2n) is 6.76. The molecule has 0 aliphatic carbocycles. The Kier molecular flexibility index (Phi) is 6.69. The maximum atomic E-state index is 12.3. The lowest BCUT2D eigenvalue weighted by Gasteiger charge is -2.19. The third kappa shape index (κ3) is 5.32. The van der Waals surface area contributed by atoms with Gasteiger partial charge in [-0.2, -0.15) is 0 Å². The summed E-state index contributed by atoms with van der Waals surface area (Å²) in [4.78, 5) is 14.6. The standard InChI is InChI=1S/C21H25BrN2O2/c1-16(26-15-17-6-3-2-4-7-17)21(25)23-13-18-10-11-24(14-18)20-9-5-8-19(22)12-20/h2-9,12,16,18H,10-11,13-15H2,1H3,(H,23,25). The third-order valence-corrected chi connectivity index (χ3v) is 5.23. The van der Waals surface area contributed by atoms with E-state index >= 15 is 0 Å². The van der Waals surface area contributed by atoms with Crippen LogP contribution in [0.3, 0.4) is 0 Å². The topological polar surface area (TPSA) is 41.6 Å². The zero-order valence-corrected chi connectivity index (χ0v) is 16.6. The summed E-state index contributed by atoms with van der Waals surface area (Å²) in [6.07, 6.45) is 0.643. The van der Waals surface area contributed by atoms with Gasteiger partial charge in [-0.25, -0.2) is 0 Å². The molecule has 138 valence electrons. The Morgan fingerprint density at radius 3 is 2.85 bits per heavy atom. The number of anilines is 1. The molecular weight excluding hydrogens is 392 g/mol. The number of nitrogens with zero attached hydrogens (tertiary/aromatic N) is 1. The van der Waals surface area contributed by atoms with Crippen molar-refractivity contribution in [1.82, 2.24) is 5.32 Å². The summed E-state index contributed by atoms with van der Waals surface area (Å²) >= 11 is 3.52. The quantitative estimate of drug-likeness (QED) is 0.741. The van der Waals surface area contributed by atoms with Crippen molar-refractivity contribution in [3.05, 3.63) is 64.6 Å². The molecule has 2 atom stereocenters. The van der Waals surface area contributed by atoms with Gasteiger partial charge in [-0.15, -0.1) is 0 Å². The third-order valence-electron chi connectivity index (χ3n) is 4.74. The molecule has 0 radical (unpaired) electrons. The zero-order valence-electron chi connectivity index (χ0n) is 15.0. The van der Waals surface area contributed by atoms with Crippen LogP contribution in [0.25, 0.3) is 0 Å². The van der Waals surface area contributed by atoms with Gasteiger partial charge in [0.05, 0.1) is 6.61 Å². The number of amides is 1. The molecule has 0 bridgehead atoms. The van der Waals surface area contributed by atoms with Crippen molar-refractivity contribution in [2.75, 3.05) is 24.5 Å². The Labute approximate surface area is 163 Å². The summed E-state index contributed by atoms with van der Waals surface area (Å²) < 4.78 is 6.77. The maximum absolute atomic E-state index is 12.3. The minimum Gasteiger partial charge on any atom is -0.371 e. The Hall–Kier alpha value is -1.85. The molecule has 1 aliphatic heterocycles. The van der Waals surface area contributed by atoms with E-state index < -0.39 is 6.10 Å². The van der Waals surface area contributed by atoms with Crippen LogP contribution in [0.1, 0.15) is 18.9 Å². The summed E-state index contributed by atoms with van der Waals surface area (Å²) in [6, 6.07) is 18.3. The summed E-state index contributed by atoms with van der Waals surface area (Å²) in [5, 5.41) is 3.04. The number of nitrogens with one attached hydrogen (secondary N) is 1. The highest BCUT2D eigenvalue weighted by Crippen LogP contribution is 2.25. The lowest BCUT2D eigenvalue weighted by atomic mass is 10.1. The van der Waals surface area contributed by atoms with Gasteiger partial charge in [-0.3, -0.25) is 4.79 Å². The largest absolute Gasteiger partial charge is 0.371 e. The van der Waals surface area contributed by atoms with Crippen LogP contribution in [0.2, 0.25) is 0 Å². The average Bonchev–Trinajstić information content (AvgIpc) is 3.14. The molecule has 1 aliphatic rings. The molecule has 2 unspecified atom stereocenters. The first kappa shape index (κ1) is 18.9. The van der Waals surface area contributed by atoms with Crippen LogP contribution < -0.4 is 10.2 Å². The summed E-state index contributed by atoms with van der Waals surface area (Å²) in [5.74, 6) is 0.432. The van der Waals surface area contributed by atoms with Crippen LogP contribution in [0.5, 0.6) is 0 Å². The number of hydrogen-bond acceptors (Lipinski definition) is 3. The molecule has 0 aromatic heterocycles. The predicted octanol–water partition coefficient (Wildman–Crippen LogP) is 4.00. The number of halogens is 1. The molecule has 1 amide bonds. The second kappa shape index (κ2) is 9.19. The molecule has 1 heterocycles. The van der Waals surface area contributed by atoms with Crippen LogP contribution in [0, 0.1) is 5.92 Å². The number of rotatable bonds is 7. The van der Waals surface area contributed by atoms with Gasteiger partial charge < -0.3 is 15.0 Å². The first-order chi connectivity index (χ1) is 12.6. The monoisotopic (exact) mass is 416 g/mol. The zero-order chi connectivity index (χ0) is 18.4. The molecule has 4 nitrogen and oxygen atoms in total. The van der Waals surface area contributed by atoms with Gasteiger partial charge in [0.15, 0.2) is 0 Å². The Morgan fingerprint density at radius 2 is 2.08 bits per heavy atom. The van der Waals surface area contributed by atoms with E-state index in [1.54, 1.807) is 6.92 Å². The summed E-state index contributed by atoms with van der Waals surface area (Å²) in [6.45, 7) is 4.95. The minimum absolute atomic E-state index is 0.0400. The number of carbonyl (C=O) groups excluding carboxylic acids is 1. The fourth-order valence-electron chi connectivity index (χ4n) is 3.17. The van der Waals surface area contributed by atoms with Crippen molar-refractivity contribution < 1.29 is 9.53 Å². The van der Waals surface area contributed by atoms with E-state index in [-0.39, 0.29) is 5.91 Å². The van der Waals surface area contributed by atoms with Gasteiger partial charge in [0.25, 0.3) is 0 Å². The Balaban J connectivity index is 1.40. The van der Waals surface area contributed by atoms with Gasteiger partial charge in [-0.05, 0) is 43.0 Å². The average molecular weight is 417 g/mol. The van der Waals surface area contributed by atoms with Gasteiger partial charge in [0.2, 0.25) is 5.91 Å². The van der Waals surface area contributed by atoms with Gasteiger partial charge in [0.1, 0.15) is 6.10 Å². The van der Waals surface area contributed by atoms with E-state index in [0.29, 0.717) is 19.1 Å². The number of benzene rings is 2. The van der Waals surface area contributed by atoms with Gasteiger partial charge >= 0.3 is 0 Å². The molecule has 1 saturated heterocycles. The molecular formula is C21H25BrN2O2. The van der Waals surface area contributed by atoms with Crippen molar-refractivity contribution in [2.45, 2.75) is 26.1 Å². The molecule has 0 saturated carbocycles. The lowest BCUT2D eigenvalue weighted by molar-refractivity contribution is -0.132. The molecule has 1 N–H and O–H groups in total. The van der Waals surface area contributed by atoms with E-state index in [4.69, 9.17) is 4.74 Å². The highest BCUT2D eigenvalue weighted by Gasteiger charge is 2.24. The number of hydrogen-bond donors (Lipinski definition) is 1. The van der Waals surface area contributed by atoms with Crippen LogP contribution in [-0.2, 0) is 16.1 Å². The van der Waals surface area contributed by atoms with Gasteiger partial charge in [-0.1, -0.05) is 52.3 Å². The number of ether oxygens (including phenoxy) is 1. The van der Waals surface area contributed by atoms with E-state index in [2.05, 4.69) is 44.3 Å². The molecule has 26 heavy (non-hydrogen) atoms. The summed E-state index contributed by atoms with van der Waals surface area (Å²) in [7, 11) is 0. The fraction of sp³-hybridized carbons (Fsp3) is 0.381. The molecule has 0 spiro atoms. The van der Waals surface area contributed by atoms with E-state index in [0.717, 1.165) is 29.5 Å². The lowest BCUT2D eigenvalue weighted by Crippen LogP contribution is -2.38. The van der Waals surface area contributed by atoms with Crippen LogP contribution >= 0.6 is 15.9 Å². The molecule has 5 heteroatoms.